The molecule has 3 nitrogen and oxygen atoms in total. The van der Waals surface area contributed by atoms with Crippen molar-refractivity contribution >= 4 is 15.9 Å². The first-order valence-corrected chi connectivity index (χ1v) is 7.59. The molecule has 0 saturated heterocycles. The Morgan fingerprint density at radius 1 is 1.21 bits per heavy atom. The van der Waals surface area contributed by atoms with E-state index < -0.39 is 0 Å². The van der Waals surface area contributed by atoms with Crippen LogP contribution in [0.25, 0.3) is 0 Å². The highest BCUT2D eigenvalue weighted by molar-refractivity contribution is 9.10. The zero-order chi connectivity index (χ0) is 14.3. The van der Waals surface area contributed by atoms with Crippen molar-refractivity contribution in [3.05, 3.63) is 34.3 Å². The van der Waals surface area contributed by atoms with Gasteiger partial charge in [0.25, 0.3) is 0 Å². The fourth-order valence-electron chi connectivity index (χ4n) is 1.79. The van der Waals surface area contributed by atoms with Crippen LogP contribution in [0.2, 0.25) is 0 Å². The second-order valence-corrected chi connectivity index (χ2v) is 6.09. The minimum Gasteiger partial charge on any atom is -0.377 e. The SMILES string of the molecule is CC(C)OCCN(C)CCC(N)c1ccc(Br)cc1. The lowest BCUT2D eigenvalue weighted by atomic mass is 10.0. The maximum atomic E-state index is 6.20. The van der Waals surface area contributed by atoms with Crippen molar-refractivity contribution in [2.45, 2.75) is 32.4 Å². The number of nitrogens with two attached hydrogens (primary N) is 1. The van der Waals surface area contributed by atoms with E-state index in [1.807, 2.05) is 12.1 Å². The second kappa shape index (κ2) is 8.69. The van der Waals surface area contributed by atoms with E-state index in [0.717, 1.165) is 30.6 Å². The molecule has 0 spiro atoms. The number of hydrogen-bond acceptors (Lipinski definition) is 3. The monoisotopic (exact) mass is 328 g/mol. The van der Waals surface area contributed by atoms with Crippen LogP contribution >= 0.6 is 15.9 Å². The highest BCUT2D eigenvalue weighted by Crippen LogP contribution is 2.17. The number of rotatable bonds is 8. The number of likely N-dealkylation sites (N-methyl/N-ethyl adjacent to an activating group) is 1. The summed E-state index contributed by atoms with van der Waals surface area (Å²) in [5, 5.41) is 0. The van der Waals surface area contributed by atoms with Gasteiger partial charge >= 0.3 is 0 Å². The Bertz CT molecular complexity index is 354. The Kier molecular flexibility index (Phi) is 7.61. The van der Waals surface area contributed by atoms with Gasteiger partial charge < -0.3 is 15.4 Å². The summed E-state index contributed by atoms with van der Waals surface area (Å²) in [7, 11) is 2.11. The van der Waals surface area contributed by atoms with E-state index in [4.69, 9.17) is 10.5 Å². The molecule has 0 saturated carbocycles. The molecule has 0 heterocycles. The molecule has 4 heteroatoms. The smallest absolute Gasteiger partial charge is 0.0596 e. The maximum absolute atomic E-state index is 6.20. The molecule has 1 unspecified atom stereocenters. The molecule has 19 heavy (non-hydrogen) atoms. The molecule has 0 amide bonds. The third-order valence-electron chi connectivity index (χ3n) is 3.04. The summed E-state index contributed by atoms with van der Waals surface area (Å²) in [5.74, 6) is 0. The van der Waals surface area contributed by atoms with E-state index >= 15 is 0 Å². The van der Waals surface area contributed by atoms with E-state index in [0.29, 0.717) is 6.10 Å². The fourth-order valence-corrected chi connectivity index (χ4v) is 2.06. The van der Waals surface area contributed by atoms with E-state index in [1.165, 1.54) is 5.56 Å². The van der Waals surface area contributed by atoms with Crippen LogP contribution in [0.1, 0.15) is 31.9 Å². The summed E-state index contributed by atoms with van der Waals surface area (Å²) in [4.78, 5) is 2.26. The van der Waals surface area contributed by atoms with E-state index in [9.17, 15) is 0 Å². The van der Waals surface area contributed by atoms with Crippen LogP contribution in [0, 0.1) is 0 Å². The predicted octanol–water partition coefficient (Wildman–Crippen LogP) is 3.20. The van der Waals surface area contributed by atoms with Crippen LogP contribution in [-0.4, -0.2) is 37.7 Å². The van der Waals surface area contributed by atoms with Gasteiger partial charge in [0.15, 0.2) is 0 Å². The molecule has 0 aliphatic carbocycles. The Labute approximate surface area is 125 Å². The van der Waals surface area contributed by atoms with Gasteiger partial charge in [-0.05, 0) is 51.6 Å². The lowest BCUT2D eigenvalue weighted by Gasteiger charge is -2.20. The van der Waals surface area contributed by atoms with Crippen molar-refractivity contribution in [2.75, 3.05) is 26.7 Å². The number of ether oxygens (including phenoxy) is 1. The van der Waals surface area contributed by atoms with Crippen molar-refractivity contribution in [2.24, 2.45) is 5.73 Å². The zero-order valence-electron chi connectivity index (χ0n) is 12.1. The van der Waals surface area contributed by atoms with Crippen molar-refractivity contribution in [1.82, 2.24) is 4.90 Å². The lowest BCUT2D eigenvalue weighted by molar-refractivity contribution is 0.0634. The maximum Gasteiger partial charge on any atom is 0.0596 e. The molecular weight excluding hydrogens is 304 g/mol. The second-order valence-electron chi connectivity index (χ2n) is 5.17. The van der Waals surface area contributed by atoms with E-state index in [1.54, 1.807) is 0 Å². The number of nitrogens with zero attached hydrogens (tertiary/aromatic N) is 1. The van der Waals surface area contributed by atoms with Crippen LogP contribution in [0.15, 0.2) is 28.7 Å². The van der Waals surface area contributed by atoms with Gasteiger partial charge in [0, 0.05) is 17.1 Å². The molecule has 1 aromatic rings. The fraction of sp³-hybridized carbons (Fsp3) is 0.600. The number of hydrogen-bond donors (Lipinski definition) is 1. The average Bonchev–Trinajstić information content (AvgIpc) is 2.36. The van der Waals surface area contributed by atoms with Crippen LogP contribution in [0.3, 0.4) is 0 Å². The standard InChI is InChI=1S/C15H25BrN2O/c1-12(2)19-11-10-18(3)9-8-15(17)13-4-6-14(16)7-5-13/h4-7,12,15H,8-11,17H2,1-3H3. The average molecular weight is 329 g/mol. The molecule has 0 radical (unpaired) electrons. The molecule has 1 aromatic carbocycles. The number of halogens is 1. The van der Waals surface area contributed by atoms with Crippen molar-refractivity contribution in [3.63, 3.8) is 0 Å². The molecular formula is C15H25BrN2O. The Morgan fingerprint density at radius 3 is 2.42 bits per heavy atom. The van der Waals surface area contributed by atoms with Crippen LogP contribution in [0.5, 0.6) is 0 Å². The Hall–Kier alpha value is -0.420. The molecule has 0 bridgehead atoms. The summed E-state index contributed by atoms with van der Waals surface area (Å²) < 4.78 is 6.63. The molecule has 0 aromatic heterocycles. The zero-order valence-corrected chi connectivity index (χ0v) is 13.7. The first-order chi connectivity index (χ1) is 8.99. The summed E-state index contributed by atoms with van der Waals surface area (Å²) in [6.07, 6.45) is 1.26. The van der Waals surface area contributed by atoms with Gasteiger partial charge in [0.1, 0.15) is 0 Å². The van der Waals surface area contributed by atoms with Gasteiger partial charge in [-0.1, -0.05) is 28.1 Å². The molecule has 0 aliphatic rings. The van der Waals surface area contributed by atoms with Gasteiger partial charge in [0.05, 0.1) is 12.7 Å². The molecule has 0 aliphatic heterocycles. The van der Waals surface area contributed by atoms with E-state index in [-0.39, 0.29) is 6.04 Å². The minimum absolute atomic E-state index is 0.0987. The minimum atomic E-state index is 0.0987. The third-order valence-corrected chi connectivity index (χ3v) is 3.57. The Morgan fingerprint density at radius 2 is 1.84 bits per heavy atom. The summed E-state index contributed by atoms with van der Waals surface area (Å²) in [5.41, 5.74) is 7.39. The van der Waals surface area contributed by atoms with Crippen LogP contribution < -0.4 is 5.73 Å². The van der Waals surface area contributed by atoms with Gasteiger partial charge in [-0.3, -0.25) is 0 Å². The van der Waals surface area contributed by atoms with E-state index in [2.05, 4.69) is 53.9 Å². The first-order valence-electron chi connectivity index (χ1n) is 6.80. The summed E-state index contributed by atoms with van der Waals surface area (Å²) in [6.45, 7) is 6.83. The largest absolute Gasteiger partial charge is 0.377 e. The molecule has 2 N–H and O–H groups in total. The lowest BCUT2D eigenvalue weighted by Crippen LogP contribution is -2.27. The van der Waals surface area contributed by atoms with Crippen molar-refractivity contribution in [3.8, 4) is 0 Å². The quantitative estimate of drug-likeness (QED) is 0.796. The van der Waals surface area contributed by atoms with Gasteiger partial charge in [-0.2, -0.15) is 0 Å². The topological polar surface area (TPSA) is 38.5 Å². The summed E-state index contributed by atoms with van der Waals surface area (Å²) >= 11 is 3.43. The van der Waals surface area contributed by atoms with Gasteiger partial charge in [0.2, 0.25) is 0 Å². The molecule has 1 rings (SSSR count). The van der Waals surface area contributed by atoms with Crippen molar-refractivity contribution < 1.29 is 4.74 Å². The highest BCUT2D eigenvalue weighted by Gasteiger charge is 2.07. The van der Waals surface area contributed by atoms with Crippen LogP contribution in [0.4, 0.5) is 0 Å². The summed E-state index contributed by atoms with van der Waals surface area (Å²) in [6, 6.07) is 8.33. The van der Waals surface area contributed by atoms with Crippen molar-refractivity contribution in [1.29, 1.82) is 0 Å². The van der Waals surface area contributed by atoms with Gasteiger partial charge in [-0.25, -0.2) is 0 Å². The highest BCUT2D eigenvalue weighted by atomic mass is 79.9. The Balaban J connectivity index is 2.25. The normalized spacial score (nSPS) is 13.2. The number of benzene rings is 1. The predicted molar refractivity (Wildman–Crippen MR) is 84.3 cm³/mol. The third kappa shape index (κ3) is 7.06. The molecule has 1 atom stereocenters. The molecule has 108 valence electrons. The van der Waals surface area contributed by atoms with Crippen LogP contribution in [-0.2, 0) is 4.74 Å². The van der Waals surface area contributed by atoms with Gasteiger partial charge in [-0.15, -0.1) is 0 Å². The molecule has 0 fully saturated rings. The first kappa shape index (κ1) is 16.6.